The summed E-state index contributed by atoms with van der Waals surface area (Å²) in [6.07, 6.45) is 7.79. The summed E-state index contributed by atoms with van der Waals surface area (Å²) in [7, 11) is 0. The van der Waals surface area contributed by atoms with Crippen molar-refractivity contribution >= 4 is 11.6 Å². The van der Waals surface area contributed by atoms with Crippen LogP contribution in [0.3, 0.4) is 0 Å². The van der Waals surface area contributed by atoms with Crippen LogP contribution in [-0.2, 0) is 6.42 Å². The molecule has 1 aromatic carbocycles. The summed E-state index contributed by atoms with van der Waals surface area (Å²) in [5, 5.41) is 14.4. The predicted molar refractivity (Wildman–Crippen MR) is 98.6 cm³/mol. The highest BCUT2D eigenvalue weighted by molar-refractivity contribution is 6.31. The third kappa shape index (κ3) is 3.46. The minimum absolute atomic E-state index is 0.128. The van der Waals surface area contributed by atoms with Crippen molar-refractivity contribution in [1.29, 1.82) is 0 Å². The first-order valence-corrected chi connectivity index (χ1v) is 9.39. The van der Waals surface area contributed by atoms with Gasteiger partial charge >= 0.3 is 0 Å². The van der Waals surface area contributed by atoms with Crippen molar-refractivity contribution in [3.63, 3.8) is 0 Å². The molecule has 0 saturated carbocycles. The van der Waals surface area contributed by atoms with Crippen molar-refractivity contribution in [3.8, 4) is 11.5 Å². The molecule has 1 unspecified atom stereocenters. The third-order valence-electron chi connectivity index (χ3n) is 5.39. The van der Waals surface area contributed by atoms with Crippen molar-refractivity contribution in [2.45, 2.75) is 31.6 Å². The molecule has 2 aliphatic rings. The lowest BCUT2D eigenvalue weighted by Crippen LogP contribution is -2.30. The van der Waals surface area contributed by atoms with E-state index in [2.05, 4.69) is 16.4 Å². The zero-order chi connectivity index (χ0) is 17.2. The lowest BCUT2D eigenvalue weighted by Gasteiger charge is -2.22. The Balaban J connectivity index is 1.52. The first kappa shape index (κ1) is 16.7. The lowest BCUT2D eigenvalue weighted by atomic mass is 9.93. The van der Waals surface area contributed by atoms with Gasteiger partial charge in [-0.1, -0.05) is 11.6 Å². The Kier molecular flexibility index (Phi) is 4.82. The van der Waals surface area contributed by atoms with E-state index in [0.717, 1.165) is 72.8 Å². The summed E-state index contributed by atoms with van der Waals surface area (Å²) in [5.74, 6) is 1.87. The highest BCUT2D eigenvalue weighted by Crippen LogP contribution is 2.45. The van der Waals surface area contributed by atoms with Gasteiger partial charge in [0.15, 0.2) is 0 Å². The first-order valence-electron chi connectivity index (χ1n) is 9.01. The Bertz CT molecular complexity index is 759. The number of fused-ring (bicyclic) bond motifs is 1. The van der Waals surface area contributed by atoms with Crippen LogP contribution in [0, 0.1) is 5.92 Å². The molecule has 1 atom stereocenters. The topological polar surface area (TPSA) is 54.4 Å². The van der Waals surface area contributed by atoms with Crippen molar-refractivity contribution in [2.75, 3.05) is 19.7 Å². The van der Waals surface area contributed by atoms with E-state index in [9.17, 15) is 5.11 Å². The van der Waals surface area contributed by atoms with E-state index in [4.69, 9.17) is 16.3 Å². The van der Waals surface area contributed by atoms with Gasteiger partial charge < -0.3 is 15.2 Å². The number of aromatic hydroxyl groups is 1. The van der Waals surface area contributed by atoms with Gasteiger partial charge in [-0.2, -0.15) is 0 Å². The Morgan fingerprint density at radius 1 is 1.20 bits per heavy atom. The fourth-order valence-electron chi connectivity index (χ4n) is 4.00. The molecule has 4 nitrogen and oxygen atoms in total. The minimum atomic E-state index is 0.128. The van der Waals surface area contributed by atoms with E-state index in [1.165, 1.54) is 0 Å². The molecule has 0 bridgehead atoms. The summed E-state index contributed by atoms with van der Waals surface area (Å²) in [5.41, 5.74) is 3.09. The SMILES string of the molecule is Oc1ccc(Cl)c2c1C(c1cncc(OCC3CCNCC3)c1)CC2. The number of aromatic nitrogens is 1. The molecule has 5 heteroatoms. The number of benzene rings is 1. The van der Waals surface area contributed by atoms with Gasteiger partial charge in [-0.3, -0.25) is 4.98 Å². The van der Waals surface area contributed by atoms with Gasteiger partial charge in [0.05, 0.1) is 12.8 Å². The number of piperidine rings is 1. The van der Waals surface area contributed by atoms with E-state index in [1.54, 1.807) is 18.3 Å². The Hall–Kier alpha value is -1.78. The highest BCUT2D eigenvalue weighted by Gasteiger charge is 2.29. The van der Waals surface area contributed by atoms with Gasteiger partial charge in [-0.25, -0.2) is 0 Å². The largest absolute Gasteiger partial charge is 0.508 e. The molecule has 4 rings (SSSR count). The maximum atomic E-state index is 10.3. The lowest BCUT2D eigenvalue weighted by molar-refractivity contribution is 0.214. The third-order valence-corrected chi connectivity index (χ3v) is 5.74. The molecular formula is C20H23ClN2O2. The number of hydrogen-bond acceptors (Lipinski definition) is 4. The van der Waals surface area contributed by atoms with E-state index in [0.29, 0.717) is 11.7 Å². The van der Waals surface area contributed by atoms with E-state index in [1.807, 2.05) is 6.20 Å². The Morgan fingerprint density at radius 2 is 2.04 bits per heavy atom. The van der Waals surface area contributed by atoms with E-state index in [-0.39, 0.29) is 5.92 Å². The number of pyridine rings is 1. The number of ether oxygens (including phenoxy) is 1. The molecule has 2 heterocycles. The van der Waals surface area contributed by atoms with Crippen molar-refractivity contribution in [3.05, 3.63) is 52.3 Å². The van der Waals surface area contributed by atoms with Crippen LogP contribution in [0.15, 0.2) is 30.6 Å². The first-order chi connectivity index (χ1) is 12.2. The van der Waals surface area contributed by atoms with Crippen LogP contribution >= 0.6 is 11.6 Å². The fraction of sp³-hybridized carbons (Fsp3) is 0.450. The number of nitrogens with one attached hydrogen (secondary N) is 1. The smallest absolute Gasteiger partial charge is 0.137 e. The van der Waals surface area contributed by atoms with Gasteiger partial charge in [-0.05, 0) is 74.0 Å². The molecular weight excluding hydrogens is 336 g/mol. The van der Waals surface area contributed by atoms with Crippen LogP contribution < -0.4 is 10.1 Å². The second-order valence-electron chi connectivity index (χ2n) is 7.01. The maximum absolute atomic E-state index is 10.3. The molecule has 0 amide bonds. The summed E-state index contributed by atoms with van der Waals surface area (Å²) < 4.78 is 6.01. The summed E-state index contributed by atoms with van der Waals surface area (Å²) in [4.78, 5) is 4.37. The summed E-state index contributed by atoms with van der Waals surface area (Å²) in [6.45, 7) is 2.89. The Morgan fingerprint density at radius 3 is 2.88 bits per heavy atom. The molecule has 1 aliphatic carbocycles. The summed E-state index contributed by atoms with van der Waals surface area (Å²) >= 11 is 6.30. The van der Waals surface area contributed by atoms with E-state index < -0.39 is 0 Å². The quantitative estimate of drug-likeness (QED) is 0.870. The van der Waals surface area contributed by atoms with Crippen molar-refractivity contribution < 1.29 is 9.84 Å². The second kappa shape index (κ2) is 7.22. The Labute approximate surface area is 153 Å². The van der Waals surface area contributed by atoms with Crippen LogP contribution in [0.25, 0.3) is 0 Å². The van der Waals surface area contributed by atoms with Gasteiger partial charge in [-0.15, -0.1) is 0 Å². The van der Waals surface area contributed by atoms with Crippen LogP contribution in [-0.4, -0.2) is 29.8 Å². The number of halogens is 1. The molecule has 1 fully saturated rings. The minimum Gasteiger partial charge on any atom is -0.508 e. The molecule has 1 aromatic heterocycles. The zero-order valence-corrected chi connectivity index (χ0v) is 14.9. The van der Waals surface area contributed by atoms with Gasteiger partial charge in [0, 0.05) is 22.7 Å². The standard InChI is InChI=1S/C20H23ClN2O2/c21-18-3-4-19(24)20-16(1-2-17(18)20)14-9-15(11-23-10-14)25-12-13-5-7-22-8-6-13/h3-4,9-11,13,16,22,24H,1-2,5-8,12H2. The van der Waals surface area contributed by atoms with Crippen LogP contribution in [0.2, 0.25) is 5.02 Å². The van der Waals surface area contributed by atoms with Crippen LogP contribution in [0.5, 0.6) is 11.5 Å². The average Bonchev–Trinajstić information content (AvgIpc) is 3.11. The number of nitrogens with zero attached hydrogens (tertiary/aromatic N) is 1. The van der Waals surface area contributed by atoms with Gasteiger partial charge in [0.1, 0.15) is 11.5 Å². The molecule has 1 aliphatic heterocycles. The van der Waals surface area contributed by atoms with Gasteiger partial charge in [0.2, 0.25) is 0 Å². The number of hydrogen-bond donors (Lipinski definition) is 2. The fourth-order valence-corrected chi connectivity index (χ4v) is 4.26. The zero-order valence-electron chi connectivity index (χ0n) is 14.2. The molecule has 1 saturated heterocycles. The number of phenolic OH excluding ortho intramolecular Hbond substituents is 1. The molecule has 0 spiro atoms. The van der Waals surface area contributed by atoms with Crippen molar-refractivity contribution in [1.82, 2.24) is 10.3 Å². The highest BCUT2D eigenvalue weighted by atomic mass is 35.5. The number of phenols is 1. The van der Waals surface area contributed by atoms with E-state index >= 15 is 0 Å². The summed E-state index contributed by atoms with van der Waals surface area (Å²) in [6, 6.07) is 5.52. The van der Waals surface area contributed by atoms with Crippen molar-refractivity contribution in [2.24, 2.45) is 5.92 Å². The maximum Gasteiger partial charge on any atom is 0.137 e. The number of rotatable bonds is 4. The average molecular weight is 359 g/mol. The molecule has 2 aromatic rings. The van der Waals surface area contributed by atoms with Gasteiger partial charge in [0.25, 0.3) is 0 Å². The predicted octanol–water partition coefficient (Wildman–Crippen LogP) is 3.90. The molecule has 0 radical (unpaired) electrons. The molecule has 25 heavy (non-hydrogen) atoms. The molecule has 132 valence electrons. The normalized spacial score (nSPS) is 20.4. The molecule has 2 N–H and O–H groups in total. The monoisotopic (exact) mass is 358 g/mol. The second-order valence-corrected chi connectivity index (χ2v) is 7.42. The van der Waals surface area contributed by atoms with Crippen LogP contribution in [0.4, 0.5) is 0 Å². The van der Waals surface area contributed by atoms with Crippen LogP contribution in [0.1, 0.15) is 41.9 Å².